The first-order chi connectivity index (χ1) is 7.58. The summed E-state index contributed by atoms with van der Waals surface area (Å²) >= 11 is 2.29. The van der Waals surface area contributed by atoms with Crippen LogP contribution in [-0.4, -0.2) is 9.55 Å². The molecule has 0 spiro atoms. The SMILES string of the molecule is CC(C)CCn1c(N)nc2cc(I)ccc21. The minimum atomic E-state index is 0.623. The molecule has 86 valence electrons. The summed E-state index contributed by atoms with van der Waals surface area (Å²) < 4.78 is 3.30. The Morgan fingerprint density at radius 2 is 2.19 bits per heavy atom. The molecule has 2 aromatic rings. The number of nitrogens with two attached hydrogens (primary N) is 1. The van der Waals surface area contributed by atoms with E-state index >= 15 is 0 Å². The minimum absolute atomic E-state index is 0.623. The molecule has 0 amide bonds. The van der Waals surface area contributed by atoms with Crippen molar-refractivity contribution in [3.05, 3.63) is 21.8 Å². The molecule has 3 nitrogen and oxygen atoms in total. The van der Waals surface area contributed by atoms with E-state index in [0.717, 1.165) is 24.0 Å². The lowest BCUT2D eigenvalue weighted by Gasteiger charge is -2.08. The number of hydrogen-bond donors (Lipinski definition) is 1. The first-order valence-electron chi connectivity index (χ1n) is 5.49. The molecule has 1 aromatic carbocycles. The van der Waals surface area contributed by atoms with E-state index in [-0.39, 0.29) is 0 Å². The number of anilines is 1. The molecule has 0 saturated heterocycles. The van der Waals surface area contributed by atoms with Crippen LogP contribution in [0.15, 0.2) is 18.2 Å². The van der Waals surface area contributed by atoms with Crippen molar-refractivity contribution in [2.45, 2.75) is 26.8 Å². The standard InChI is InChI=1S/C12H16IN3/c1-8(2)5-6-16-11-4-3-9(13)7-10(11)15-12(16)14/h3-4,7-8H,5-6H2,1-2H3,(H2,14,15). The number of imidazole rings is 1. The molecule has 2 rings (SSSR count). The van der Waals surface area contributed by atoms with E-state index in [0.29, 0.717) is 11.9 Å². The van der Waals surface area contributed by atoms with Gasteiger partial charge in [0.15, 0.2) is 0 Å². The van der Waals surface area contributed by atoms with Gasteiger partial charge in [0.25, 0.3) is 0 Å². The largest absolute Gasteiger partial charge is 0.369 e. The number of aromatic nitrogens is 2. The highest BCUT2D eigenvalue weighted by Crippen LogP contribution is 2.21. The van der Waals surface area contributed by atoms with Crippen LogP contribution < -0.4 is 5.73 Å². The number of nitrogens with zero attached hydrogens (tertiary/aromatic N) is 2. The van der Waals surface area contributed by atoms with E-state index in [2.05, 4.69) is 64.2 Å². The molecule has 0 unspecified atom stereocenters. The van der Waals surface area contributed by atoms with E-state index in [1.807, 2.05) is 0 Å². The van der Waals surface area contributed by atoms with Crippen LogP contribution in [-0.2, 0) is 6.54 Å². The van der Waals surface area contributed by atoms with Crippen LogP contribution in [0.1, 0.15) is 20.3 Å². The van der Waals surface area contributed by atoms with E-state index < -0.39 is 0 Å². The molecule has 0 fully saturated rings. The molecule has 0 saturated carbocycles. The van der Waals surface area contributed by atoms with Crippen molar-refractivity contribution in [1.29, 1.82) is 0 Å². The number of hydrogen-bond acceptors (Lipinski definition) is 2. The quantitative estimate of drug-likeness (QED) is 0.879. The second-order valence-corrected chi connectivity index (χ2v) is 5.68. The fourth-order valence-electron chi connectivity index (χ4n) is 1.74. The lowest BCUT2D eigenvalue weighted by atomic mass is 10.1. The topological polar surface area (TPSA) is 43.8 Å². The van der Waals surface area contributed by atoms with Gasteiger partial charge in [0.2, 0.25) is 5.95 Å². The summed E-state index contributed by atoms with van der Waals surface area (Å²) in [5, 5.41) is 0. The molecule has 1 heterocycles. The lowest BCUT2D eigenvalue weighted by Crippen LogP contribution is -2.05. The number of halogens is 1. The maximum atomic E-state index is 5.94. The predicted molar refractivity (Wildman–Crippen MR) is 76.3 cm³/mol. The first kappa shape index (κ1) is 11.7. The highest BCUT2D eigenvalue weighted by Gasteiger charge is 2.08. The molecular weight excluding hydrogens is 313 g/mol. The van der Waals surface area contributed by atoms with E-state index in [4.69, 9.17) is 5.73 Å². The average molecular weight is 329 g/mol. The van der Waals surface area contributed by atoms with Crippen LogP contribution in [0.25, 0.3) is 11.0 Å². The Morgan fingerprint density at radius 3 is 2.88 bits per heavy atom. The Bertz CT molecular complexity index is 502. The van der Waals surface area contributed by atoms with Gasteiger partial charge in [-0.05, 0) is 53.1 Å². The summed E-state index contributed by atoms with van der Waals surface area (Å²) in [6, 6.07) is 6.26. The fraction of sp³-hybridized carbons (Fsp3) is 0.417. The summed E-state index contributed by atoms with van der Waals surface area (Å²) in [7, 11) is 0. The third-order valence-electron chi connectivity index (χ3n) is 2.67. The Morgan fingerprint density at radius 1 is 1.44 bits per heavy atom. The van der Waals surface area contributed by atoms with E-state index in [1.165, 1.54) is 3.57 Å². The molecule has 0 bridgehead atoms. The van der Waals surface area contributed by atoms with Crippen LogP contribution >= 0.6 is 22.6 Å². The van der Waals surface area contributed by atoms with Crippen LogP contribution in [0.4, 0.5) is 5.95 Å². The Labute approximate surface area is 109 Å². The second kappa shape index (κ2) is 4.61. The molecular formula is C12H16IN3. The molecule has 0 radical (unpaired) electrons. The Balaban J connectivity index is 2.40. The van der Waals surface area contributed by atoms with Crippen molar-refractivity contribution < 1.29 is 0 Å². The van der Waals surface area contributed by atoms with E-state index in [9.17, 15) is 0 Å². The van der Waals surface area contributed by atoms with Gasteiger partial charge in [-0.2, -0.15) is 0 Å². The van der Waals surface area contributed by atoms with Gasteiger partial charge < -0.3 is 10.3 Å². The molecule has 0 aliphatic rings. The molecule has 0 aliphatic carbocycles. The summed E-state index contributed by atoms with van der Waals surface area (Å²) in [4.78, 5) is 4.39. The monoisotopic (exact) mass is 329 g/mol. The number of nitrogen functional groups attached to an aromatic ring is 1. The molecule has 0 aliphatic heterocycles. The van der Waals surface area contributed by atoms with Gasteiger partial charge in [0.1, 0.15) is 0 Å². The molecule has 4 heteroatoms. The van der Waals surface area contributed by atoms with Gasteiger partial charge in [0.05, 0.1) is 11.0 Å². The number of aryl methyl sites for hydroxylation is 1. The highest BCUT2D eigenvalue weighted by atomic mass is 127. The van der Waals surface area contributed by atoms with Crippen LogP contribution in [0, 0.1) is 9.49 Å². The van der Waals surface area contributed by atoms with Gasteiger partial charge in [-0.15, -0.1) is 0 Å². The first-order valence-corrected chi connectivity index (χ1v) is 6.57. The van der Waals surface area contributed by atoms with Gasteiger partial charge in [-0.25, -0.2) is 4.98 Å². The lowest BCUT2D eigenvalue weighted by molar-refractivity contribution is 0.526. The van der Waals surface area contributed by atoms with Crippen LogP contribution in [0.3, 0.4) is 0 Å². The van der Waals surface area contributed by atoms with Crippen molar-refractivity contribution in [3.8, 4) is 0 Å². The minimum Gasteiger partial charge on any atom is -0.369 e. The molecule has 1 aromatic heterocycles. The number of rotatable bonds is 3. The summed E-state index contributed by atoms with van der Waals surface area (Å²) in [5.41, 5.74) is 8.07. The normalized spacial score (nSPS) is 11.5. The maximum absolute atomic E-state index is 5.94. The zero-order valence-corrected chi connectivity index (χ0v) is 11.7. The third kappa shape index (κ3) is 2.31. The fourth-order valence-corrected chi connectivity index (χ4v) is 2.22. The zero-order valence-electron chi connectivity index (χ0n) is 9.57. The number of fused-ring (bicyclic) bond motifs is 1. The van der Waals surface area contributed by atoms with Crippen molar-refractivity contribution >= 4 is 39.6 Å². The number of benzene rings is 1. The maximum Gasteiger partial charge on any atom is 0.201 e. The predicted octanol–water partition coefficient (Wildman–Crippen LogP) is 3.27. The summed E-state index contributed by atoms with van der Waals surface area (Å²) in [6.45, 7) is 5.39. The Hall–Kier alpha value is -0.780. The van der Waals surface area contributed by atoms with Crippen molar-refractivity contribution in [3.63, 3.8) is 0 Å². The smallest absolute Gasteiger partial charge is 0.201 e. The summed E-state index contributed by atoms with van der Waals surface area (Å²) in [5.74, 6) is 1.30. The average Bonchev–Trinajstić information content (AvgIpc) is 2.50. The van der Waals surface area contributed by atoms with Gasteiger partial charge >= 0.3 is 0 Å². The third-order valence-corrected chi connectivity index (χ3v) is 3.34. The molecule has 16 heavy (non-hydrogen) atoms. The molecule has 2 N–H and O–H groups in total. The second-order valence-electron chi connectivity index (χ2n) is 4.44. The highest BCUT2D eigenvalue weighted by molar-refractivity contribution is 14.1. The van der Waals surface area contributed by atoms with Crippen molar-refractivity contribution in [1.82, 2.24) is 9.55 Å². The van der Waals surface area contributed by atoms with Gasteiger partial charge in [-0.3, -0.25) is 0 Å². The van der Waals surface area contributed by atoms with Crippen LogP contribution in [0.2, 0.25) is 0 Å². The van der Waals surface area contributed by atoms with E-state index in [1.54, 1.807) is 0 Å². The zero-order chi connectivity index (χ0) is 11.7. The van der Waals surface area contributed by atoms with Gasteiger partial charge in [0, 0.05) is 10.1 Å². The molecule has 0 atom stereocenters. The van der Waals surface area contributed by atoms with Crippen molar-refractivity contribution in [2.24, 2.45) is 5.92 Å². The van der Waals surface area contributed by atoms with Gasteiger partial charge in [-0.1, -0.05) is 13.8 Å². The van der Waals surface area contributed by atoms with Crippen molar-refractivity contribution in [2.75, 3.05) is 5.73 Å². The van der Waals surface area contributed by atoms with Crippen LogP contribution in [0.5, 0.6) is 0 Å². The Kier molecular flexibility index (Phi) is 3.37. The summed E-state index contributed by atoms with van der Waals surface area (Å²) in [6.07, 6.45) is 1.13.